The number of pyridine rings is 1. The zero-order valence-corrected chi connectivity index (χ0v) is 20.7. The average Bonchev–Trinajstić information content (AvgIpc) is 3.19. The number of benzene rings is 1. The molecule has 2 aromatic rings. The van der Waals surface area contributed by atoms with Crippen molar-refractivity contribution in [1.82, 2.24) is 19.7 Å². The summed E-state index contributed by atoms with van der Waals surface area (Å²) in [5.74, 6) is 0.207. The van der Waals surface area contributed by atoms with E-state index in [0.717, 1.165) is 24.1 Å². The first-order valence-corrected chi connectivity index (χ1v) is 12.7. The summed E-state index contributed by atoms with van der Waals surface area (Å²) in [6.07, 6.45) is 0.526. The Balaban J connectivity index is 1.12. The lowest BCUT2D eigenvalue weighted by molar-refractivity contribution is -0.274. The highest BCUT2D eigenvalue weighted by Gasteiger charge is 2.39. The van der Waals surface area contributed by atoms with Gasteiger partial charge in [0.15, 0.2) is 0 Å². The van der Waals surface area contributed by atoms with E-state index in [1.165, 1.54) is 36.4 Å². The fourth-order valence-corrected chi connectivity index (χ4v) is 5.59. The molecule has 0 spiro atoms. The number of H-pyrrole nitrogens is 1. The smallest absolute Gasteiger partial charge is 0.406 e. The van der Waals surface area contributed by atoms with E-state index >= 15 is 0 Å². The SMILES string of the molecule is O=C(/C=C/c1ccc(OC(F)(F)F)cc1)N1CC[C@@H]2CN(C(=O)N3CCc4[nH]c(=O)ccc4C3)C[C@@H]2CC1. The maximum Gasteiger partial charge on any atom is 0.573 e. The topological polar surface area (TPSA) is 85.9 Å². The number of likely N-dealkylation sites (tertiary alicyclic amines) is 2. The minimum atomic E-state index is -4.74. The van der Waals surface area contributed by atoms with Crippen molar-refractivity contribution < 1.29 is 27.5 Å². The Labute approximate surface area is 217 Å². The number of halogens is 3. The molecule has 0 saturated carbocycles. The van der Waals surface area contributed by atoms with Gasteiger partial charge in [-0.25, -0.2) is 4.79 Å². The number of fused-ring (bicyclic) bond motifs is 2. The van der Waals surface area contributed by atoms with Crippen molar-refractivity contribution in [2.75, 3.05) is 32.7 Å². The summed E-state index contributed by atoms with van der Waals surface area (Å²) in [6.45, 7) is 3.59. The van der Waals surface area contributed by atoms with Crippen molar-refractivity contribution >= 4 is 18.0 Å². The summed E-state index contributed by atoms with van der Waals surface area (Å²) in [5.41, 5.74) is 2.35. The third-order valence-electron chi connectivity index (χ3n) is 7.59. The van der Waals surface area contributed by atoms with Crippen LogP contribution in [0.1, 0.15) is 29.7 Å². The summed E-state index contributed by atoms with van der Waals surface area (Å²) < 4.78 is 40.8. The zero-order valence-electron chi connectivity index (χ0n) is 20.7. The highest BCUT2D eigenvalue weighted by atomic mass is 19.4. The van der Waals surface area contributed by atoms with Crippen LogP contribution in [0.4, 0.5) is 18.0 Å². The molecular weight excluding hydrogens is 501 g/mol. The van der Waals surface area contributed by atoms with Crippen LogP contribution >= 0.6 is 0 Å². The molecule has 3 aliphatic rings. The minimum absolute atomic E-state index is 0.0254. The molecule has 2 saturated heterocycles. The first-order valence-electron chi connectivity index (χ1n) is 12.7. The zero-order chi connectivity index (χ0) is 26.9. The number of nitrogens with zero attached hydrogens (tertiary/aromatic N) is 3. The van der Waals surface area contributed by atoms with Crippen LogP contribution in [0.3, 0.4) is 0 Å². The van der Waals surface area contributed by atoms with Crippen molar-refractivity contribution in [3.63, 3.8) is 0 Å². The van der Waals surface area contributed by atoms with Gasteiger partial charge in [-0.15, -0.1) is 13.2 Å². The number of carbonyl (C=O) groups excluding carboxylic acids is 2. The number of urea groups is 1. The molecule has 5 rings (SSSR count). The van der Waals surface area contributed by atoms with E-state index in [0.29, 0.717) is 63.1 Å². The molecule has 202 valence electrons. The molecule has 2 fully saturated rings. The number of rotatable bonds is 3. The highest BCUT2D eigenvalue weighted by Crippen LogP contribution is 2.33. The van der Waals surface area contributed by atoms with Crippen molar-refractivity contribution in [3.8, 4) is 5.75 Å². The number of aromatic amines is 1. The van der Waals surface area contributed by atoms with Crippen molar-refractivity contribution in [2.24, 2.45) is 11.8 Å². The predicted molar refractivity (Wildman–Crippen MR) is 133 cm³/mol. The second-order valence-corrected chi connectivity index (χ2v) is 10.1. The van der Waals surface area contributed by atoms with Gasteiger partial charge in [0.1, 0.15) is 5.75 Å². The molecule has 1 N–H and O–H groups in total. The number of carbonyl (C=O) groups is 2. The van der Waals surface area contributed by atoms with Crippen molar-refractivity contribution in [3.05, 3.63) is 69.6 Å². The Kier molecular flexibility index (Phi) is 7.18. The quantitative estimate of drug-likeness (QED) is 0.615. The van der Waals surface area contributed by atoms with Crippen LogP contribution in [0, 0.1) is 11.8 Å². The lowest BCUT2D eigenvalue weighted by atomic mass is 9.92. The van der Waals surface area contributed by atoms with Crippen LogP contribution in [0.5, 0.6) is 5.75 Å². The fourth-order valence-electron chi connectivity index (χ4n) is 5.59. The molecule has 3 amide bonds. The molecule has 3 aliphatic heterocycles. The molecule has 8 nitrogen and oxygen atoms in total. The van der Waals surface area contributed by atoms with E-state index in [-0.39, 0.29) is 23.2 Å². The van der Waals surface area contributed by atoms with E-state index in [2.05, 4.69) is 9.72 Å². The lowest BCUT2D eigenvalue weighted by Crippen LogP contribution is -2.45. The van der Waals surface area contributed by atoms with E-state index in [4.69, 9.17) is 0 Å². The highest BCUT2D eigenvalue weighted by molar-refractivity contribution is 5.91. The summed E-state index contributed by atoms with van der Waals surface area (Å²) in [5, 5.41) is 0. The molecule has 0 bridgehead atoms. The molecule has 1 aromatic heterocycles. The van der Waals surface area contributed by atoms with Gasteiger partial charge in [-0.1, -0.05) is 18.2 Å². The molecule has 11 heteroatoms. The number of ether oxygens (including phenoxy) is 1. The van der Waals surface area contributed by atoms with Gasteiger partial charge in [0.05, 0.1) is 0 Å². The standard InChI is InChI=1S/C27H29F3N4O4/c28-27(29,30)38-22-5-1-18(2-6-22)3-8-25(36)32-12-9-19-15-34(16-20(19)10-13-32)26(37)33-14-11-23-21(17-33)4-7-24(35)31-23/h1-8,19-20H,9-17H2,(H,31,35)/b8-3+/t19-,20+. The van der Waals surface area contributed by atoms with Crippen LogP contribution in [-0.2, 0) is 17.8 Å². The Morgan fingerprint density at radius 3 is 2.26 bits per heavy atom. The average molecular weight is 531 g/mol. The lowest BCUT2D eigenvalue weighted by Gasteiger charge is -2.32. The Morgan fingerprint density at radius 2 is 1.61 bits per heavy atom. The number of hydrogen-bond acceptors (Lipinski definition) is 4. The summed E-state index contributed by atoms with van der Waals surface area (Å²) in [7, 11) is 0. The third-order valence-corrected chi connectivity index (χ3v) is 7.59. The van der Waals surface area contributed by atoms with E-state index < -0.39 is 6.36 Å². The molecule has 0 aliphatic carbocycles. The number of alkyl halides is 3. The molecule has 1 aromatic carbocycles. The van der Waals surface area contributed by atoms with Gasteiger partial charge in [0.2, 0.25) is 11.5 Å². The number of amides is 3. The van der Waals surface area contributed by atoms with Crippen molar-refractivity contribution in [2.45, 2.75) is 32.2 Å². The van der Waals surface area contributed by atoms with Gasteiger partial charge in [-0.3, -0.25) is 9.59 Å². The Morgan fingerprint density at radius 1 is 0.921 bits per heavy atom. The van der Waals surface area contributed by atoms with Crippen LogP contribution in [0.2, 0.25) is 0 Å². The van der Waals surface area contributed by atoms with Crippen LogP contribution in [0.15, 0.2) is 47.3 Å². The van der Waals surface area contributed by atoms with Gasteiger partial charge in [0, 0.05) is 63.5 Å². The third kappa shape index (κ3) is 6.03. The van der Waals surface area contributed by atoms with Crippen LogP contribution < -0.4 is 10.3 Å². The monoisotopic (exact) mass is 530 g/mol. The molecule has 0 radical (unpaired) electrons. The van der Waals surface area contributed by atoms with Gasteiger partial charge < -0.3 is 24.4 Å². The first-order chi connectivity index (χ1) is 18.1. The number of hydrogen-bond donors (Lipinski definition) is 1. The fraction of sp³-hybridized carbons (Fsp3) is 0.444. The van der Waals surface area contributed by atoms with Gasteiger partial charge in [0.25, 0.3) is 0 Å². The molecule has 0 unspecified atom stereocenters. The predicted octanol–water partition coefficient (Wildman–Crippen LogP) is 3.64. The minimum Gasteiger partial charge on any atom is -0.406 e. The largest absolute Gasteiger partial charge is 0.573 e. The van der Waals surface area contributed by atoms with E-state index in [1.54, 1.807) is 17.0 Å². The van der Waals surface area contributed by atoms with Crippen LogP contribution in [-0.4, -0.2) is 70.7 Å². The maximum absolute atomic E-state index is 13.2. The van der Waals surface area contributed by atoms with Gasteiger partial charge in [-0.2, -0.15) is 0 Å². The second kappa shape index (κ2) is 10.5. The second-order valence-electron chi connectivity index (χ2n) is 10.1. The number of nitrogens with one attached hydrogen (secondary N) is 1. The van der Waals surface area contributed by atoms with Crippen molar-refractivity contribution in [1.29, 1.82) is 0 Å². The van der Waals surface area contributed by atoms with Gasteiger partial charge in [-0.05, 0) is 54.0 Å². The summed E-state index contributed by atoms with van der Waals surface area (Å²) >= 11 is 0. The Bertz CT molecular complexity index is 1260. The summed E-state index contributed by atoms with van der Waals surface area (Å²) in [6, 6.07) is 8.65. The normalized spacial score (nSPS) is 21.7. The number of aromatic nitrogens is 1. The first kappa shape index (κ1) is 25.9. The molecular formula is C27H29F3N4O4. The molecule has 38 heavy (non-hydrogen) atoms. The van der Waals surface area contributed by atoms with Gasteiger partial charge >= 0.3 is 12.4 Å². The van der Waals surface area contributed by atoms with E-state index in [9.17, 15) is 27.6 Å². The Hall–Kier alpha value is -3.76. The molecule has 4 heterocycles. The van der Waals surface area contributed by atoms with Crippen LogP contribution in [0.25, 0.3) is 6.08 Å². The van der Waals surface area contributed by atoms with E-state index in [1.807, 2.05) is 9.80 Å². The molecule has 2 atom stereocenters. The maximum atomic E-state index is 13.2. The summed E-state index contributed by atoms with van der Waals surface area (Å²) in [4.78, 5) is 46.0.